The quantitative estimate of drug-likeness (QED) is 0.324. The van der Waals surface area contributed by atoms with E-state index in [4.69, 9.17) is 9.47 Å². The van der Waals surface area contributed by atoms with Crippen LogP contribution < -0.4 is 14.4 Å². The monoisotopic (exact) mass is 676 g/mol. The highest BCUT2D eigenvalue weighted by Gasteiger charge is 2.70. The molecular formula is C35H44N6O6S. The fourth-order valence-corrected chi connectivity index (χ4v) is 8.88. The summed E-state index contributed by atoms with van der Waals surface area (Å²) in [5.41, 5.74) is 2.45. The molecule has 1 spiro atoms. The lowest BCUT2D eigenvalue weighted by Crippen LogP contribution is -2.51. The lowest BCUT2D eigenvalue weighted by Gasteiger charge is -2.33. The average Bonchev–Trinajstić information content (AvgIpc) is 3.63. The number of urea groups is 1. The lowest BCUT2D eigenvalue weighted by molar-refractivity contribution is -0.133. The van der Waals surface area contributed by atoms with Gasteiger partial charge in [0.15, 0.2) is 0 Å². The minimum atomic E-state index is -3.52. The molecule has 256 valence electrons. The normalized spacial score (nSPS) is 24.8. The lowest BCUT2D eigenvalue weighted by atomic mass is 9.87. The summed E-state index contributed by atoms with van der Waals surface area (Å²) >= 11 is 0. The molecule has 4 saturated heterocycles. The van der Waals surface area contributed by atoms with E-state index in [0.717, 1.165) is 46.9 Å². The molecule has 4 fully saturated rings. The fourth-order valence-electron chi connectivity index (χ4n) is 8.32. The van der Waals surface area contributed by atoms with Crippen molar-refractivity contribution in [1.29, 1.82) is 0 Å². The molecule has 0 aliphatic carbocycles. The van der Waals surface area contributed by atoms with E-state index in [1.807, 2.05) is 37.2 Å². The molecule has 3 aromatic carbocycles. The minimum absolute atomic E-state index is 0.0634. The molecule has 48 heavy (non-hydrogen) atoms. The second-order valence-corrected chi connectivity index (χ2v) is 15.4. The van der Waals surface area contributed by atoms with Crippen molar-refractivity contribution in [3.05, 3.63) is 65.7 Å². The van der Waals surface area contributed by atoms with Gasteiger partial charge in [-0.25, -0.2) is 13.2 Å². The first-order valence-corrected chi connectivity index (χ1v) is 18.4. The van der Waals surface area contributed by atoms with Gasteiger partial charge in [0.25, 0.3) is 5.91 Å². The molecule has 7 rings (SSSR count). The molecule has 0 radical (unpaired) electrons. The zero-order valence-electron chi connectivity index (χ0n) is 28.0. The van der Waals surface area contributed by atoms with E-state index in [9.17, 15) is 18.0 Å². The number of hydrogen-bond donors (Lipinski definition) is 1. The number of fused-ring (bicyclic) bond motifs is 1. The number of nitrogens with one attached hydrogen (secondary N) is 1. The number of sulfonamides is 1. The van der Waals surface area contributed by atoms with Crippen LogP contribution in [0.2, 0.25) is 0 Å². The first-order valence-electron chi connectivity index (χ1n) is 16.5. The SMILES string of the molecule is COc1ccc(CN2C[C@H]3C[C@@H](c4ccc(N(C)C)c5ccccc45)N4C(=O)N(CCN5CCOCC5)C(=O)C34C2)cc1NS(C)(=O)=O. The van der Waals surface area contributed by atoms with E-state index in [1.54, 1.807) is 12.1 Å². The van der Waals surface area contributed by atoms with Crippen LogP contribution in [-0.4, -0.2) is 125 Å². The number of carbonyl (C=O) groups is 2. The van der Waals surface area contributed by atoms with Gasteiger partial charge < -0.3 is 19.3 Å². The highest BCUT2D eigenvalue weighted by atomic mass is 32.2. The second-order valence-electron chi connectivity index (χ2n) is 13.6. The van der Waals surface area contributed by atoms with Crippen LogP contribution >= 0.6 is 0 Å². The maximum Gasteiger partial charge on any atom is 0.328 e. The number of benzene rings is 3. The third kappa shape index (κ3) is 5.66. The van der Waals surface area contributed by atoms with Gasteiger partial charge in [0.1, 0.15) is 11.3 Å². The summed E-state index contributed by atoms with van der Waals surface area (Å²) < 4.78 is 37.5. The predicted octanol–water partition coefficient (Wildman–Crippen LogP) is 3.20. The summed E-state index contributed by atoms with van der Waals surface area (Å²) in [4.78, 5) is 39.1. The van der Waals surface area contributed by atoms with Gasteiger partial charge in [-0.3, -0.25) is 24.2 Å². The highest BCUT2D eigenvalue weighted by molar-refractivity contribution is 7.92. The van der Waals surface area contributed by atoms with E-state index in [-0.39, 0.29) is 23.9 Å². The Bertz CT molecular complexity index is 1850. The number of likely N-dealkylation sites (tertiary alicyclic amines) is 1. The maximum atomic E-state index is 14.6. The number of nitrogens with zero attached hydrogens (tertiary/aromatic N) is 5. The zero-order valence-corrected chi connectivity index (χ0v) is 28.8. The Morgan fingerprint density at radius 3 is 2.46 bits per heavy atom. The molecule has 13 heteroatoms. The van der Waals surface area contributed by atoms with Gasteiger partial charge in [-0.2, -0.15) is 0 Å². The molecule has 3 amide bonds. The number of imide groups is 1. The molecule has 0 aromatic heterocycles. The van der Waals surface area contributed by atoms with Gasteiger partial charge >= 0.3 is 6.03 Å². The molecule has 3 atom stereocenters. The van der Waals surface area contributed by atoms with Crippen LogP contribution in [0.15, 0.2) is 54.6 Å². The van der Waals surface area contributed by atoms with Crippen LogP contribution in [0.4, 0.5) is 16.2 Å². The maximum absolute atomic E-state index is 14.6. The van der Waals surface area contributed by atoms with Crippen LogP contribution in [0.5, 0.6) is 5.75 Å². The summed E-state index contributed by atoms with van der Waals surface area (Å²) in [6, 6.07) is 17.5. The summed E-state index contributed by atoms with van der Waals surface area (Å²) in [5.74, 6) is 0.251. The smallest absolute Gasteiger partial charge is 0.328 e. The number of carbonyl (C=O) groups excluding carboxylic acids is 2. The van der Waals surface area contributed by atoms with Crippen LogP contribution in [0.3, 0.4) is 0 Å². The minimum Gasteiger partial charge on any atom is -0.495 e. The number of amides is 3. The number of rotatable bonds is 10. The molecule has 1 N–H and O–H groups in total. The van der Waals surface area contributed by atoms with Crippen molar-refractivity contribution in [2.75, 3.05) is 89.6 Å². The molecule has 12 nitrogen and oxygen atoms in total. The molecule has 4 heterocycles. The van der Waals surface area contributed by atoms with Crippen LogP contribution in [-0.2, 0) is 26.1 Å². The predicted molar refractivity (Wildman–Crippen MR) is 185 cm³/mol. The molecule has 3 aromatic rings. The molecule has 1 unspecified atom stereocenters. The van der Waals surface area contributed by atoms with Crippen molar-refractivity contribution in [3.8, 4) is 5.75 Å². The number of morpholine rings is 1. The van der Waals surface area contributed by atoms with Crippen LogP contribution in [0.1, 0.15) is 23.6 Å². The number of anilines is 2. The van der Waals surface area contributed by atoms with Crippen molar-refractivity contribution in [3.63, 3.8) is 0 Å². The van der Waals surface area contributed by atoms with Gasteiger partial charge in [-0.1, -0.05) is 36.4 Å². The van der Waals surface area contributed by atoms with E-state index in [0.29, 0.717) is 63.8 Å². The van der Waals surface area contributed by atoms with Gasteiger partial charge in [-0.15, -0.1) is 0 Å². The largest absolute Gasteiger partial charge is 0.495 e. The number of hydrogen-bond acceptors (Lipinski definition) is 9. The highest BCUT2D eigenvalue weighted by Crippen LogP contribution is 2.56. The second kappa shape index (κ2) is 12.5. The third-order valence-corrected chi connectivity index (χ3v) is 11.0. The van der Waals surface area contributed by atoms with Gasteiger partial charge in [0.05, 0.1) is 38.3 Å². The summed E-state index contributed by atoms with van der Waals surface area (Å²) in [5, 5.41) is 2.21. The van der Waals surface area contributed by atoms with Crippen molar-refractivity contribution in [2.45, 2.75) is 24.5 Å². The average molecular weight is 677 g/mol. The number of methoxy groups -OCH3 is 1. The van der Waals surface area contributed by atoms with Gasteiger partial charge in [0, 0.05) is 76.9 Å². The summed E-state index contributed by atoms with van der Waals surface area (Å²) in [6.45, 7) is 5.37. The van der Waals surface area contributed by atoms with Crippen molar-refractivity contribution in [2.24, 2.45) is 5.92 Å². The Balaban J connectivity index is 1.22. The standard InChI is InChI=1S/C35H44N6O6S/c1-37(2)30-11-10-28(26-7-5-6-8-27(26)30)31-20-25-22-39(21-24-9-12-32(46-3)29(19-24)36-48(4,44)45)23-35(25)33(42)40(34(43)41(31)35)14-13-38-15-17-47-18-16-38/h5-12,19,25,31,36H,13-18,20-23H2,1-4H3/t25-,31+,35?/m1/s1. The Morgan fingerprint density at radius 1 is 1.00 bits per heavy atom. The zero-order chi connectivity index (χ0) is 33.8. The van der Waals surface area contributed by atoms with E-state index in [1.165, 1.54) is 12.0 Å². The van der Waals surface area contributed by atoms with E-state index >= 15 is 0 Å². The topological polar surface area (TPSA) is 115 Å². The molecular weight excluding hydrogens is 632 g/mol. The molecule has 0 bridgehead atoms. The van der Waals surface area contributed by atoms with Crippen molar-refractivity contribution in [1.82, 2.24) is 19.6 Å². The Morgan fingerprint density at radius 2 is 1.75 bits per heavy atom. The van der Waals surface area contributed by atoms with Crippen LogP contribution in [0.25, 0.3) is 10.8 Å². The third-order valence-electron chi connectivity index (χ3n) is 10.4. The Labute approximate surface area is 282 Å². The summed E-state index contributed by atoms with van der Waals surface area (Å²) in [6.07, 6.45) is 1.79. The first-order chi connectivity index (χ1) is 23.0. The summed E-state index contributed by atoms with van der Waals surface area (Å²) in [7, 11) is 2.04. The van der Waals surface area contributed by atoms with E-state index < -0.39 is 15.6 Å². The van der Waals surface area contributed by atoms with E-state index in [2.05, 4.69) is 43.7 Å². The van der Waals surface area contributed by atoms with Crippen molar-refractivity contribution < 1.29 is 27.5 Å². The molecule has 4 aliphatic heterocycles. The van der Waals surface area contributed by atoms with Gasteiger partial charge in [-0.05, 0) is 41.1 Å². The first kappa shape index (κ1) is 32.6. The Kier molecular flexibility index (Phi) is 8.51. The molecule has 4 aliphatic rings. The molecule has 0 saturated carbocycles. The number of ether oxygens (including phenoxy) is 2. The van der Waals surface area contributed by atoms with Gasteiger partial charge in [0.2, 0.25) is 10.0 Å². The van der Waals surface area contributed by atoms with Crippen molar-refractivity contribution >= 4 is 44.1 Å². The van der Waals surface area contributed by atoms with Crippen LogP contribution in [0, 0.1) is 5.92 Å². The fraction of sp³-hybridized carbons (Fsp3) is 0.486. The Hall–Kier alpha value is -3.91.